The van der Waals surface area contributed by atoms with Crippen LogP contribution in [0.15, 0.2) is 0 Å². The van der Waals surface area contributed by atoms with Gasteiger partial charge in [-0.1, -0.05) is 20.8 Å². The van der Waals surface area contributed by atoms with Crippen LogP contribution in [0.1, 0.15) is 20.8 Å². The normalized spacial score (nSPS) is 20.1. The summed E-state index contributed by atoms with van der Waals surface area (Å²) in [7, 11) is 0. The van der Waals surface area contributed by atoms with Crippen LogP contribution in [0.5, 0.6) is 0 Å². The summed E-state index contributed by atoms with van der Waals surface area (Å²) in [4.78, 5) is 16.3. The zero-order chi connectivity index (χ0) is 13.5. The van der Waals surface area contributed by atoms with Gasteiger partial charge in [0.25, 0.3) is 0 Å². The fraction of sp³-hybridized carbons (Fsp3) is 0.923. The first-order valence-electron chi connectivity index (χ1n) is 6.91. The Morgan fingerprint density at radius 3 is 2.28 bits per heavy atom. The van der Waals surface area contributed by atoms with Gasteiger partial charge in [0.1, 0.15) is 12.6 Å². The fourth-order valence-corrected chi connectivity index (χ4v) is 1.97. The van der Waals surface area contributed by atoms with Gasteiger partial charge in [-0.25, -0.2) is 0 Å². The maximum atomic E-state index is 11.6. The number of rotatable bonds is 6. The third-order valence-corrected chi connectivity index (χ3v) is 3.55. The van der Waals surface area contributed by atoms with Crippen molar-refractivity contribution in [1.82, 2.24) is 9.80 Å². The predicted molar refractivity (Wildman–Crippen MR) is 72.3 cm³/mol. The first-order valence-corrected chi connectivity index (χ1v) is 6.91. The number of nitrogens with two attached hydrogens (primary N) is 1. The number of hydrogen-bond donors (Lipinski definition) is 1. The van der Waals surface area contributed by atoms with Gasteiger partial charge in [-0.05, 0) is 12.5 Å². The monoisotopic (exact) mass is 257 g/mol. The zero-order valence-electron chi connectivity index (χ0n) is 11.9. The molecule has 0 saturated carbocycles. The topological polar surface area (TPSA) is 58.8 Å². The van der Waals surface area contributed by atoms with Crippen molar-refractivity contribution in [3.63, 3.8) is 0 Å². The lowest BCUT2D eigenvalue weighted by atomic mass is 10.1. The van der Waals surface area contributed by atoms with E-state index in [1.165, 1.54) is 0 Å². The smallest absolute Gasteiger partial charge is 0.323 e. The molecule has 1 fully saturated rings. The predicted octanol–water partition coefficient (Wildman–Crippen LogP) is 0.150. The van der Waals surface area contributed by atoms with E-state index in [1.807, 2.05) is 13.8 Å². The van der Waals surface area contributed by atoms with Crippen molar-refractivity contribution in [2.24, 2.45) is 11.7 Å². The molecule has 1 atom stereocenters. The van der Waals surface area contributed by atoms with E-state index in [0.717, 1.165) is 39.3 Å². The summed E-state index contributed by atoms with van der Waals surface area (Å²) in [5.41, 5.74) is 5.72. The zero-order valence-corrected chi connectivity index (χ0v) is 11.9. The molecule has 106 valence electrons. The second-order valence-electron chi connectivity index (χ2n) is 5.21. The van der Waals surface area contributed by atoms with Crippen LogP contribution in [0.2, 0.25) is 0 Å². The van der Waals surface area contributed by atoms with Gasteiger partial charge in [0.2, 0.25) is 0 Å². The average molecular weight is 257 g/mol. The Kier molecular flexibility index (Phi) is 6.60. The van der Waals surface area contributed by atoms with Crippen LogP contribution in [0.4, 0.5) is 0 Å². The highest BCUT2D eigenvalue weighted by molar-refractivity contribution is 5.75. The van der Waals surface area contributed by atoms with E-state index < -0.39 is 6.04 Å². The molecular weight excluding hydrogens is 230 g/mol. The highest BCUT2D eigenvalue weighted by Crippen LogP contribution is 2.03. The van der Waals surface area contributed by atoms with Crippen LogP contribution >= 0.6 is 0 Å². The van der Waals surface area contributed by atoms with Crippen molar-refractivity contribution >= 4 is 5.97 Å². The quantitative estimate of drug-likeness (QED) is 0.686. The molecule has 1 rings (SSSR count). The molecular formula is C13H27N3O2. The Bertz CT molecular complexity index is 251. The number of ether oxygens (including phenoxy) is 1. The summed E-state index contributed by atoms with van der Waals surface area (Å²) in [6.07, 6.45) is 0. The van der Waals surface area contributed by atoms with Gasteiger partial charge in [-0.3, -0.25) is 9.69 Å². The van der Waals surface area contributed by atoms with Gasteiger partial charge in [-0.2, -0.15) is 0 Å². The van der Waals surface area contributed by atoms with Crippen LogP contribution in [-0.4, -0.2) is 67.7 Å². The fourth-order valence-electron chi connectivity index (χ4n) is 1.97. The molecule has 18 heavy (non-hydrogen) atoms. The Balaban J connectivity index is 2.13. The van der Waals surface area contributed by atoms with Crippen LogP contribution in [0.25, 0.3) is 0 Å². The molecule has 0 amide bonds. The van der Waals surface area contributed by atoms with Gasteiger partial charge in [0.15, 0.2) is 0 Å². The highest BCUT2D eigenvalue weighted by Gasteiger charge is 2.19. The molecule has 1 aliphatic heterocycles. The summed E-state index contributed by atoms with van der Waals surface area (Å²) >= 11 is 0. The van der Waals surface area contributed by atoms with E-state index in [0.29, 0.717) is 6.61 Å². The van der Waals surface area contributed by atoms with Gasteiger partial charge in [0, 0.05) is 32.7 Å². The number of esters is 1. The lowest BCUT2D eigenvalue weighted by Crippen LogP contribution is -2.47. The van der Waals surface area contributed by atoms with Gasteiger partial charge in [0.05, 0.1) is 0 Å². The number of piperazine rings is 1. The van der Waals surface area contributed by atoms with Gasteiger partial charge < -0.3 is 15.4 Å². The number of likely N-dealkylation sites (N-methyl/N-ethyl adjacent to an activating group) is 1. The lowest BCUT2D eigenvalue weighted by Gasteiger charge is -2.33. The molecule has 0 bridgehead atoms. The molecule has 0 aromatic rings. The minimum atomic E-state index is -0.498. The summed E-state index contributed by atoms with van der Waals surface area (Å²) in [6, 6.07) is -0.498. The van der Waals surface area contributed by atoms with E-state index in [2.05, 4.69) is 16.7 Å². The minimum absolute atomic E-state index is 0.130. The Morgan fingerprint density at radius 1 is 1.22 bits per heavy atom. The maximum absolute atomic E-state index is 11.6. The summed E-state index contributed by atoms with van der Waals surface area (Å²) in [6.45, 7) is 12.7. The van der Waals surface area contributed by atoms with E-state index >= 15 is 0 Å². The van der Waals surface area contributed by atoms with Crippen LogP contribution < -0.4 is 5.73 Å². The number of hydrogen-bond acceptors (Lipinski definition) is 5. The van der Waals surface area contributed by atoms with Crippen LogP contribution in [-0.2, 0) is 9.53 Å². The molecule has 0 aromatic heterocycles. The molecule has 1 heterocycles. The van der Waals surface area contributed by atoms with E-state index in [4.69, 9.17) is 10.5 Å². The SMILES string of the molecule is CCN1CCN(CCOC(=O)C(N)C(C)C)CC1. The Morgan fingerprint density at radius 2 is 1.78 bits per heavy atom. The Labute approximate surface area is 110 Å². The van der Waals surface area contributed by atoms with E-state index in [-0.39, 0.29) is 11.9 Å². The molecule has 5 nitrogen and oxygen atoms in total. The molecule has 1 aliphatic rings. The first-order chi connectivity index (χ1) is 8.54. The molecule has 1 saturated heterocycles. The average Bonchev–Trinajstić information content (AvgIpc) is 2.38. The molecule has 1 unspecified atom stereocenters. The third kappa shape index (κ3) is 4.92. The minimum Gasteiger partial charge on any atom is -0.463 e. The van der Waals surface area contributed by atoms with E-state index in [9.17, 15) is 4.79 Å². The second kappa shape index (κ2) is 7.71. The van der Waals surface area contributed by atoms with Crippen molar-refractivity contribution in [2.75, 3.05) is 45.9 Å². The highest BCUT2D eigenvalue weighted by atomic mass is 16.5. The first kappa shape index (κ1) is 15.4. The summed E-state index contributed by atoms with van der Waals surface area (Å²) < 4.78 is 5.20. The Hall–Kier alpha value is -0.650. The molecule has 0 spiro atoms. The maximum Gasteiger partial charge on any atom is 0.323 e. The van der Waals surface area contributed by atoms with Crippen molar-refractivity contribution in [1.29, 1.82) is 0 Å². The van der Waals surface area contributed by atoms with Crippen LogP contribution in [0, 0.1) is 5.92 Å². The molecule has 2 N–H and O–H groups in total. The van der Waals surface area contributed by atoms with E-state index in [1.54, 1.807) is 0 Å². The van der Waals surface area contributed by atoms with Gasteiger partial charge in [-0.15, -0.1) is 0 Å². The summed E-state index contributed by atoms with van der Waals surface area (Å²) in [5.74, 6) is -0.150. The van der Waals surface area contributed by atoms with Crippen molar-refractivity contribution in [3.05, 3.63) is 0 Å². The second-order valence-corrected chi connectivity index (χ2v) is 5.21. The standard InChI is InChI=1S/C13H27N3O2/c1-4-15-5-7-16(8-6-15)9-10-18-13(17)12(14)11(2)3/h11-12H,4-10,14H2,1-3H3. The molecule has 0 radical (unpaired) electrons. The lowest BCUT2D eigenvalue weighted by molar-refractivity contribution is -0.146. The number of nitrogens with zero attached hydrogens (tertiary/aromatic N) is 2. The number of carbonyl (C=O) groups is 1. The molecule has 5 heteroatoms. The third-order valence-electron chi connectivity index (χ3n) is 3.55. The number of carbonyl (C=O) groups excluding carboxylic acids is 1. The van der Waals surface area contributed by atoms with Crippen LogP contribution in [0.3, 0.4) is 0 Å². The van der Waals surface area contributed by atoms with Crippen molar-refractivity contribution in [3.8, 4) is 0 Å². The van der Waals surface area contributed by atoms with Crippen molar-refractivity contribution in [2.45, 2.75) is 26.8 Å². The molecule has 0 aliphatic carbocycles. The van der Waals surface area contributed by atoms with Crippen molar-refractivity contribution < 1.29 is 9.53 Å². The molecule has 0 aromatic carbocycles. The van der Waals surface area contributed by atoms with Gasteiger partial charge >= 0.3 is 5.97 Å². The largest absolute Gasteiger partial charge is 0.463 e. The summed E-state index contributed by atoms with van der Waals surface area (Å²) in [5, 5.41) is 0.